The van der Waals surface area contributed by atoms with Crippen molar-refractivity contribution in [3.63, 3.8) is 0 Å². The quantitative estimate of drug-likeness (QED) is 0.112. The molecule has 336 valence electrons. The summed E-state index contributed by atoms with van der Waals surface area (Å²) in [5.74, 6) is -0.339. The standard InChI is InChI=1S/C66H45FN2OSi/c1-71(2)61-28-15-13-24-50(61)51-36-33-48(41-62(51)71)68(47-21-10-5-11-22-47)57-37-31-44-30-35-54-58(38-32-45-29-34-53(57)63(44)64(45)54)69(59-26-16-25-52-49-23-12-14-27-60(49)70-66(52)59)65-55(43-19-8-4-9-20-43)39-46(40-56(65)67)42-17-6-3-7-18-42/h3-41H,1-2H3. The fourth-order valence-electron chi connectivity index (χ4n) is 11.7. The Balaban J connectivity index is 1.04. The van der Waals surface area contributed by atoms with E-state index in [0.29, 0.717) is 11.3 Å². The number of hydrogen-bond donors (Lipinski definition) is 0. The predicted molar refractivity (Wildman–Crippen MR) is 300 cm³/mol. The van der Waals surface area contributed by atoms with Crippen molar-refractivity contribution in [3.05, 3.63) is 242 Å². The highest BCUT2D eigenvalue weighted by molar-refractivity contribution is 7.03. The first-order valence-corrected chi connectivity index (χ1v) is 27.4. The summed E-state index contributed by atoms with van der Waals surface area (Å²) in [4.78, 5) is 4.55. The molecule has 0 fully saturated rings. The molecule has 0 saturated carbocycles. The fraction of sp³-hybridized carbons (Fsp3) is 0.0303. The molecule has 0 aliphatic carbocycles. The monoisotopic (exact) mass is 928 g/mol. The van der Waals surface area contributed by atoms with Crippen LogP contribution in [-0.4, -0.2) is 8.07 Å². The zero-order valence-corrected chi connectivity index (χ0v) is 40.2. The smallest absolute Gasteiger partial charge is 0.159 e. The highest BCUT2D eigenvalue weighted by Gasteiger charge is 2.38. The predicted octanol–water partition coefficient (Wildman–Crippen LogP) is 17.7. The summed E-state index contributed by atoms with van der Waals surface area (Å²) in [7, 11) is -1.98. The van der Waals surface area contributed by atoms with Gasteiger partial charge in [0.15, 0.2) is 5.58 Å². The number of para-hydroxylation sites is 3. The third-order valence-corrected chi connectivity index (χ3v) is 18.6. The Morgan fingerprint density at radius 2 is 0.972 bits per heavy atom. The Bertz CT molecular complexity index is 4220. The fourth-order valence-corrected chi connectivity index (χ4v) is 14.8. The number of benzene rings is 12. The summed E-state index contributed by atoms with van der Waals surface area (Å²) in [6, 6.07) is 83.2. The Kier molecular flexibility index (Phi) is 9.22. The van der Waals surface area contributed by atoms with Gasteiger partial charge in [0.1, 0.15) is 19.5 Å². The number of nitrogens with zero attached hydrogens (tertiary/aromatic N) is 2. The molecule has 1 aliphatic heterocycles. The van der Waals surface area contributed by atoms with E-state index in [1.165, 1.54) is 21.5 Å². The van der Waals surface area contributed by atoms with E-state index in [-0.39, 0.29) is 5.82 Å². The molecule has 0 radical (unpaired) electrons. The number of halogens is 1. The Morgan fingerprint density at radius 3 is 1.70 bits per heavy atom. The molecule has 5 heteroatoms. The van der Waals surface area contributed by atoms with E-state index in [4.69, 9.17) is 4.42 Å². The molecular weight excluding hydrogens is 884 g/mol. The molecule has 0 bridgehead atoms. The second kappa shape index (κ2) is 15.9. The molecule has 3 nitrogen and oxygen atoms in total. The molecular formula is C66H45FN2OSi. The molecule has 1 aromatic heterocycles. The number of anilines is 6. The Morgan fingerprint density at radius 1 is 0.380 bits per heavy atom. The topological polar surface area (TPSA) is 19.6 Å². The second-order valence-electron chi connectivity index (χ2n) is 19.3. The van der Waals surface area contributed by atoms with Crippen LogP contribution in [0, 0.1) is 5.82 Å². The molecule has 2 heterocycles. The average Bonchev–Trinajstić information content (AvgIpc) is 3.91. The summed E-state index contributed by atoms with van der Waals surface area (Å²) in [6.07, 6.45) is 0. The van der Waals surface area contributed by atoms with Crippen LogP contribution in [-0.2, 0) is 0 Å². The Labute approximate surface area is 412 Å². The molecule has 0 N–H and O–H groups in total. The van der Waals surface area contributed by atoms with Crippen LogP contribution in [0.1, 0.15) is 0 Å². The molecule has 71 heavy (non-hydrogen) atoms. The number of furan rings is 1. The van der Waals surface area contributed by atoms with E-state index >= 15 is 4.39 Å². The molecule has 12 aromatic carbocycles. The molecule has 0 spiro atoms. The van der Waals surface area contributed by atoms with Crippen molar-refractivity contribution < 1.29 is 8.81 Å². The summed E-state index contributed by atoms with van der Waals surface area (Å²) < 4.78 is 24.9. The van der Waals surface area contributed by atoms with E-state index in [9.17, 15) is 0 Å². The maximum Gasteiger partial charge on any atom is 0.159 e. The average molecular weight is 929 g/mol. The van der Waals surface area contributed by atoms with Crippen LogP contribution in [0.15, 0.2) is 241 Å². The van der Waals surface area contributed by atoms with E-state index < -0.39 is 8.07 Å². The third-order valence-electron chi connectivity index (χ3n) is 15.0. The van der Waals surface area contributed by atoms with Gasteiger partial charge in [-0.05, 0) is 120 Å². The van der Waals surface area contributed by atoms with Crippen molar-refractivity contribution in [2.75, 3.05) is 9.80 Å². The molecule has 14 rings (SSSR count). The maximum absolute atomic E-state index is 18.1. The van der Waals surface area contributed by atoms with Gasteiger partial charge in [0.2, 0.25) is 0 Å². The van der Waals surface area contributed by atoms with Gasteiger partial charge >= 0.3 is 0 Å². The van der Waals surface area contributed by atoms with Crippen molar-refractivity contribution in [1.82, 2.24) is 0 Å². The molecule has 1 aliphatic rings. The lowest BCUT2D eigenvalue weighted by Crippen LogP contribution is -2.49. The van der Waals surface area contributed by atoms with Gasteiger partial charge in [0.05, 0.1) is 22.7 Å². The van der Waals surface area contributed by atoms with Gasteiger partial charge in [-0.3, -0.25) is 0 Å². The highest BCUT2D eigenvalue weighted by atomic mass is 28.3. The van der Waals surface area contributed by atoms with Gasteiger partial charge in [-0.1, -0.05) is 189 Å². The normalized spacial score (nSPS) is 12.8. The lowest BCUT2D eigenvalue weighted by molar-refractivity contribution is 0.629. The second-order valence-corrected chi connectivity index (χ2v) is 23.7. The third kappa shape index (κ3) is 6.33. The van der Waals surface area contributed by atoms with Gasteiger partial charge in [-0.15, -0.1) is 0 Å². The SMILES string of the molecule is C[Si]1(C)c2ccccc2-c2ccc(N(c3ccccc3)c3ccc4ccc5c(N(c6c(F)cc(-c7ccccc7)cc6-c6ccccc6)c6cccc7c6oc6ccccc67)ccc6ccc3c4c65)cc21. The van der Waals surface area contributed by atoms with Crippen molar-refractivity contribution >= 4 is 107 Å². The molecule has 0 saturated heterocycles. The van der Waals surface area contributed by atoms with Gasteiger partial charge in [0, 0.05) is 38.5 Å². The minimum atomic E-state index is -1.98. The summed E-state index contributed by atoms with van der Waals surface area (Å²) >= 11 is 0. The van der Waals surface area contributed by atoms with Crippen LogP contribution < -0.4 is 20.2 Å². The van der Waals surface area contributed by atoms with E-state index in [2.05, 4.69) is 187 Å². The minimum absolute atomic E-state index is 0.339. The zero-order valence-electron chi connectivity index (χ0n) is 39.2. The molecule has 13 aromatic rings. The van der Waals surface area contributed by atoms with E-state index in [1.807, 2.05) is 66.7 Å². The van der Waals surface area contributed by atoms with Crippen LogP contribution >= 0.6 is 0 Å². The molecule has 0 amide bonds. The summed E-state index contributed by atoms with van der Waals surface area (Å²) in [5, 5.41) is 11.6. The number of rotatable bonds is 8. The summed E-state index contributed by atoms with van der Waals surface area (Å²) in [6.45, 7) is 4.96. The maximum atomic E-state index is 18.1. The van der Waals surface area contributed by atoms with E-state index in [0.717, 1.165) is 99.4 Å². The van der Waals surface area contributed by atoms with Crippen molar-refractivity contribution in [2.24, 2.45) is 0 Å². The van der Waals surface area contributed by atoms with E-state index in [1.54, 1.807) is 6.07 Å². The number of fused-ring (bicyclic) bond motifs is 6. The van der Waals surface area contributed by atoms with Crippen LogP contribution in [0.25, 0.3) is 87.6 Å². The first-order valence-electron chi connectivity index (χ1n) is 24.4. The summed E-state index contributed by atoms with van der Waals surface area (Å²) in [5.41, 5.74) is 13.0. The minimum Gasteiger partial charge on any atom is -0.454 e. The lowest BCUT2D eigenvalue weighted by atomic mass is 9.91. The van der Waals surface area contributed by atoms with Gasteiger partial charge < -0.3 is 14.2 Å². The van der Waals surface area contributed by atoms with Gasteiger partial charge in [-0.2, -0.15) is 0 Å². The molecule has 0 atom stereocenters. The van der Waals surface area contributed by atoms with Crippen molar-refractivity contribution in [3.8, 4) is 33.4 Å². The first kappa shape index (κ1) is 41.2. The first-order chi connectivity index (χ1) is 34.9. The van der Waals surface area contributed by atoms with Crippen LogP contribution in [0.2, 0.25) is 13.1 Å². The van der Waals surface area contributed by atoms with Gasteiger partial charge in [-0.25, -0.2) is 4.39 Å². The van der Waals surface area contributed by atoms with Crippen LogP contribution in [0.5, 0.6) is 0 Å². The largest absolute Gasteiger partial charge is 0.454 e. The van der Waals surface area contributed by atoms with Crippen LogP contribution in [0.3, 0.4) is 0 Å². The lowest BCUT2D eigenvalue weighted by Gasteiger charge is -2.31. The van der Waals surface area contributed by atoms with Crippen molar-refractivity contribution in [2.45, 2.75) is 13.1 Å². The zero-order chi connectivity index (χ0) is 47.4. The van der Waals surface area contributed by atoms with Crippen LogP contribution in [0.4, 0.5) is 38.5 Å². The van der Waals surface area contributed by atoms with Gasteiger partial charge in [0.25, 0.3) is 0 Å². The Hall–Kier alpha value is -8.77. The highest BCUT2D eigenvalue weighted by Crippen LogP contribution is 2.52. The van der Waals surface area contributed by atoms with Crippen molar-refractivity contribution in [1.29, 1.82) is 0 Å². The number of hydrogen-bond acceptors (Lipinski definition) is 3. The molecule has 0 unspecified atom stereocenters.